The van der Waals surface area contributed by atoms with E-state index in [9.17, 15) is 8.42 Å². The molecule has 0 bridgehead atoms. The number of aromatic nitrogens is 1. The van der Waals surface area contributed by atoms with Gasteiger partial charge in [-0.25, -0.2) is 13.4 Å². The van der Waals surface area contributed by atoms with Crippen molar-refractivity contribution in [3.63, 3.8) is 0 Å². The number of anilines is 1. The Labute approximate surface area is 203 Å². The van der Waals surface area contributed by atoms with Crippen LogP contribution >= 0.6 is 11.3 Å². The Morgan fingerprint density at radius 1 is 1.06 bits per heavy atom. The first-order valence-electron chi connectivity index (χ1n) is 11.6. The highest BCUT2D eigenvalue weighted by Crippen LogP contribution is 2.51. The van der Waals surface area contributed by atoms with Gasteiger partial charge in [0.05, 0.1) is 16.5 Å². The third-order valence-corrected chi connectivity index (χ3v) is 9.04. The fourth-order valence-corrected chi connectivity index (χ4v) is 6.64. The number of ether oxygens (including phenoxy) is 2. The lowest BCUT2D eigenvalue weighted by molar-refractivity contribution is 0.174. The molecule has 1 aromatic heterocycles. The molecule has 1 aliphatic carbocycles. The predicted octanol–water partition coefficient (Wildman–Crippen LogP) is 4.56. The Hall–Kier alpha value is -2.62. The van der Waals surface area contributed by atoms with Crippen molar-refractivity contribution in [2.75, 3.05) is 31.5 Å². The fraction of sp³-hybridized carbons (Fsp3) is 0.400. The van der Waals surface area contributed by atoms with Gasteiger partial charge in [0.25, 0.3) is 0 Å². The van der Waals surface area contributed by atoms with E-state index in [4.69, 9.17) is 14.5 Å². The molecule has 3 aliphatic rings. The van der Waals surface area contributed by atoms with Crippen molar-refractivity contribution in [2.45, 2.75) is 42.2 Å². The van der Waals surface area contributed by atoms with Gasteiger partial charge in [-0.15, -0.1) is 11.3 Å². The normalized spacial score (nSPS) is 19.8. The molecular formula is C25H27N3O4S2. The summed E-state index contributed by atoms with van der Waals surface area (Å²) >= 11 is 1.68. The number of nitrogens with zero attached hydrogens (tertiary/aromatic N) is 2. The van der Waals surface area contributed by atoms with Gasteiger partial charge in [-0.05, 0) is 74.2 Å². The Morgan fingerprint density at radius 3 is 2.50 bits per heavy atom. The second-order valence-electron chi connectivity index (χ2n) is 9.33. The number of benzene rings is 2. The van der Waals surface area contributed by atoms with Gasteiger partial charge >= 0.3 is 0 Å². The van der Waals surface area contributed by atoms with E-state index in [-0.39, 0.29) is 18.4 Å². The average Bonchev–Trinajstić information content (AvgIpc) is 3.24. The lowest BCUT2D eigenvalue weighted by atomic mass is 10.0. The van der Waals surface area contributed by atoms with Crippen LogP contribution in [0.3, 0.4) is 0 Å². The number of thiazole rings is 1. The minimum Gasteiger partial charge on any atom is -0.454 e. The van der Waals surface area contributed by atoms with Gasteiger partial charge in [0.1, 0.15) is 0 Å². The zero-order valence-electron chi connectivity index (χ0n) is 19.0. The van der Waals surface area contributed by atoms with Gasteiger partial charge in [-0.3, -0.25) is 4.90 Å². The maximum Gasteiger partial charge on any atom is 0.231 e. The van der Waals surface area contributed by atoms with Gasteiger partial charge in [0.2, 0.25) is 6.79 Å². The molecule has 3 aromatic rings. The van der Waals surface area contributed by atoms with E-state index < -0.39 is 9.84 Å². The number of likely N-dealkylation sites (tertiary alicyclic amines) is 1. The standard InChI is InChI=1S/C25H27N3O4S2/c1-34(29,30)19-7-4-17(5-8-19)23(28-12-2-3-13-28)22-15-26-24(33-22)27-25(10-11-25)18-6-9-20-21(14-18)32-16-31-20/h4-9,14-15,23H,2-3,10-13,16H2,1H3,(H,26,27). The molecule has 0 amide bonds. The van der Waals surface area contributed by atoms with Crippen molar-refractivity contribution < 1.29 is 17.9 Å². The minimum absolute atomic E-state index is 0.0739. The zero-order chi connectivity index (χ0) is 23.3. The molecule has 1 saturated carbocycles. The molecule has 7 nitrogen and oxygen atoms in total. The molecule has 6 rings (SSSR count). The summed E-state index contributed by atoms with van der Waals surface area (Å²) in [4.78, 5) is 8.73. The van der Waals surface area contributed by atoms with Gasteiger partial charge in [-0.1, -0.05) is 18.2 Å². The summed E-state index contributed by atoms with van der Waals surface area (Å²) in [7, 11) is -3.22. The van der Waals surface area contributed by atoms with Crippen molar-refractivity contribution in [2.24, 2.45) is 0 Å². The second kappa shape index (κ2) is 8.25. The Kier molecular flexibility index (Phi) is 5.31. The van der Waals surface area contributed by atoms with Gasteiger partial charge in [-0.2, -0.15) is 0 Å². The number of sulfone groups is 1. The van der Waals surface area contributed by atoms with Crippen molar-refractivity contribution in [3.8, 4) is 11.5 Å². The molecule has 0 radical (unpaired) electrons. The van der Waals surface area contributed by atoms with Gasteiger partial charge in [0, 0.05) is 17.3 Å². The van der Waals surface area contributed by atoms with E-state index in [1.807, 2.05) is 24.4 Å². The summed E-state index contributed by atoms with van der Waals surface area (Å²) in [5.41, 5.74) is 2.18. The number of rotatable bonds is 7. The molecule has 1 N–H and O–H groups in total. The zero-order valence-corrected chi connectivity index (χ0v) is 20.6. The molecule has 3 heterocycles. The summed E-state index contributed by atoms with van der Waals surface area (Å²) in [6.07, 6.45) is 7.66. The molecule has 9 heteroatoms. The van der Waals surface area contributed by atoms with E-state index >= 15 is 0 Å². The smallest absolute Gasteiger partial charge is 0.231 e. The Morgan fingerprint density at radius 2 is 1.79 bits per heavy atom. The van der Waals surface area contributed by atoms with E-state index in [2.05, 4.69) is 22.3 Å². The van der Waals surface area contributed by atoms with Gasteiger partial charge in [0.15, 0.2) is 26.5 Å². The highest BCUT2D eigenvalue weighted by atomic mass is 32.2. The molecular weight excluding hydrogens is 470 g/mol. The second-order valence-corrected chi connectivity index (χ2v) is 12.4. The maximum atomic E-state index is 11.9. The molecule has 0 spiro atoms. The van der Waals surface area contributed by atoms with Crippen LogP contribution in [0.5, 0.6) is 11.5 Å². The van der Waals surface area contributed by atoms with E-state index in [1.54, 1.807) is 23.5 Å². The van der Waals surface area contributed by atoms with Crippen LogP contribution in [-0.2, 0) is 15.4 Å². The summed E-state index contributed by atoms with van der Waals surface area (Å²) < 4.78 is 34.9. The summed E-state index contributed by atoms with van der Waals surface area (Å²) in [6, 6.07) is 13.6. The van der Waals surface area contributed by atoms with Gasteiger partial charge < -0.3 is 14.8 Å². The number of hydrogen-bond acceptors (Lipinski definition) is 8. The number of nitrogens with one attached hydrogen (secondary N) is 1. The van der Waals surface area contributed by atoms with Crippen molar-refractivity contribution in [3.05, 3.63) is 64.7 Å². The molecule has 2 aliphatic heterocycles. The molecule has 34 heavy (non-hydrogen) atoms. The Balaban J connectivity index is 1.27. The molecule has 2 fully saturated rings. The first-order valence-corrected chi connectivity index (χ1v) is 14.3. The van der Waals surface area contributed by atoms with Crippen molar-refractivity contribution in [1.29, 1.82) is 0 Å². The predicted molar refractivity (Wildman–Crippen MR) is 131 cm³/mol. The van der Waals surface area contributed by atoms with Crippen LogP contribution < -0.4 is 14.8 Å². The van der Waals surface area contributed by atoms with E-state index in [1.165, 1.54) is 24.7 Å². The first-order chi connectivity index (χ1) is 16.4. The third kappa shape index (κ3) is 4.06. The lowest BCUT2D eigenvalue weighted by Gasteiger charge is -2.27. The molecule has 1 atom stereocenters. The number of hydrogen-bond donors (Lipinski definition) is 1. The van der Waals surface area contributed by atoms with Crippen LogP contribution in [0.25, 0.3) is 0 Å². The molecule has 178 valence electrons. The molecule has 2 aromatic carbocycles. The third-order valence-electron chi connectivity index (χ3n) is 6.94. The van der Waals surface area contributed by atoms with Crippen LogP contribution in [0.15, 0.2) is 53.6 Å². The largest absolute Gasteiger partial charge is 0.454 e. The van der Waals surface area contributed by atoms with E-state index in [0.717, 1.165) is 53.0 Å². The van der Waals surface area contributed by atoms with Crippen molar-refractivity contribution in [1.82, 2.24) is 9.88 Å². The van der Waals surface area contributed by atoms with Crippen LogP contribution in [0.2, 0.25) is 0 Å². The summed E-state index contributed by atoms with van der Waals surface area (Å²) in [6.45, 7) is 2.33. The topological polar surface area (TPSA) is 80.8 Å². The van der Waals surface area contributed by atoms with Crippen LogP contribution in [0.1, 0.15) is 47.7 Å². The highest BCUT2D eigenvalue weighted by Gasteiger charge is 2.45. The number of fused-ring (bicyclic) bond motifs is 1. The Bertz CT molecular complexity index is 1310. The van der Waals surface area contributed by atoms with Crippen LogP contribution in [-0.4, -0.2) is 44.4 Å². The highest BCUT2D eigenvalue weighted by molar-refractivity contribution is 7.90. The monoisotopic (exact) mass is 497 g/mol. The van der Waals surface area contributed by atoms with Crippen molar-refractivity contribution >= 4 is 26.3 Å². The molecule has 1 saturated heterocycles. The van der Waals surface area contributed by atoms with Crippen LogP contribution in [0.4, 0.5) is 5.13 Å². The first kappa shape index (κ1) is 21.9. The van der Waals surface area contributed by atoms with E-state index in [0.29, 0.717) is 4.90 Å². The lowest BCUT2D eigenvalue weighted by Crippen LogP contribution is -2.26. The average molecular weight is 498 g/mol. The minimum atomic E-state index is -3.22. The quantitative estimate of drug-likeness (QED) is 0.512. The maximum absolute atomic E-state index is 11.9. The molecule has 1 unspecified atom stereocenters. The fourth-order valence-electron chi connectivity index (χ4n) is 4.93. The SMILES string of the molecule is CS(=O)(=O)c1ccc(C(c2cnc(NC3(c4ccc5c(c4)OCO5)CC3)s2)N2CCCC2)cc1. The van der Waals surface area contributed by atoms with Crippen LogP contribution in [0, 0.1) is 0 Å². The summed E-state index contributed by atoms with van der Waals surface area (Å²) in [5.74, 6) is 1.60. The summed E-state index contributed by atoms with van der Waals surface area (Å²) in [5, 5.41) is 4.60.